The van der Waals surface area contributed by atoms with Crippen LogP contribution in [0, 0.1) is 0 Å². The molecule has 0 saturated heterocycles. The summed E-state index contributed by atoms with van der Waals surface area (Å²) in [5.74, 6) is -1.26. The Morgan fingerprint density at radius 3 is 1.50 bits per heavy atom. The first kappa shape index (κ1) is 43.9. The molecule has 0 aromatic heterocycles. The van der Waals surface area contributed by atoms with E-state index in [9.17, 15) is 14.4 Å². The minimum absolute atomic E-state index is 0.00461. The molecule has 0 aromatic rings. The summed E-state index contributed by atoms with van der Waals surface area (Å²) >= 11 is 0. The van der Waals surface area contributed by atoms with Crippen LogP contribution in [0.25, 0.3) is 0 Å². The second-order valence-electron chi connectivity index (χ2n) is 13.2. The summed E-state index contributed by atoms with van der Waals surface area (Å²) in [6.45, 7) is 4.20. The van der Waals surface area contributed by atoms with Gasteiger partial charge in [-0.3, -0.25) is 14.4 Å². The molecule has 0 aliphatic carbocycles. The van der Waals surface area contributed by atoms with Crippen LogP contribution in [0.1, 0.15) is 200 Å². The first-order valence-corrected chi connectivity index (χ1v) is 19.5. The van der Waals surface area contributed by atoms with E-state index in [0.29, 0.717) is 12.8 Å². The maximum absolute atomic E-state index is 12.7. The van der Waals surface area contributed by atoms with Gasteiger partial charge in [0.1, 0.15) is 12.6 Å². The Kier molecular flexibility index (Phi) is 34.1. The van der Waals surface area contributed by atoms with E-state index in [2.05, 4.69) is 43.5 Å². The maximum Gasteiger partial charge on any atom is 0.322 e. The number of allylic oxidation sites excluding steroid dienone is 4. The minimum Gasteiger partial charge on any atom is -0.480 e. The Morgan fingerprint density at radius 1 is 0.543 bits per heavy atom. The number of carboxylic acids is 1. The Labute approximate surface area is 284 Å². The van der Waals surface area contributed by atoms with E-state index < -0.39 is 5.97 Å². The molecule has 1 atom stereocenters. The highest BCUT2D eigenvalue weighted by atomic mass is 16.5. The number of carbonyl (C=O) groups excluding carboxylic acids is 2. The molecule has 0 bridgehead atoms. The highest BCUT2D eigenvalue weighted by Crippen LogP contribution is 2.18. The van der Waals surface area contributed by atoms with Crippen LogP contribution in [0.2, 0.25) is 0 Å². The molecule has 6 nitrogen and oxygen atoms in total. The molecule has 0 heterocycles. The summed E-state index contributed by atoms with van der Waals surface area (Å²) < 4.78 is 5.98. The van der Waals surface area contributed by atoms with Crippen LogP contribution in [-0.2, 0) is 19.1 Å². The zero-order chi connectivity index (χ0) is 33.8. The molecule has 0 fully saturated rings. The Bertz CT molecular complexity index is 763. The van der Waals surface area contributed by atoms with E-state index in [1.54, 1.807) is 0 Å². The fourth-order valence-electron chi connectivity index (χ4n) is 5.69. The Morgan fingerprint density at radius 2 is 0.957 bits per heavy atom. The number of aliphatic carboxylic acids is 1. The van der Waals surface area contributed by atoms with Gasteiger partial charge < -0.3 is 15.2 Å². The third kappa shape index (κ3) is 34.8. The maximum atomic E-state index is 12.7. The summed E-state index contributed by atoms with van der Waals surface area (Å²) in [6, 6.07) is 0. The molecular formula is C40H73NO5. The van der Waals surface area contributed by atoms with Gasteiger partial charge in [-0.25, -0.2) is 0 Å². The Balaban J connectivity index is 4.22. The normalized spacial score (nSPS) is 12.2. The number of ether oxygens (including phenoxy) is 1. The molecule has 0 aromatic carbocycles. The Hall–Kier alpha value is -2.11. The molecule has 0 aliphatic rings. The van der Waals surface area contributed by atoms with Gasteiger partial charge in [-0.2, -0.15) is 0 Å². The van der Waals surface area contributed by atoms with Gasteiger partial charge in [0.25, 0.3) is 0 Å². The van der Waals surface area contributed by atoms with E-state index >= 15 is 0 Å². The number of carboxylic acid groups (broad SMARTS) is 1. The number of hydrogen-bond donors (Lipinski definition) is 2. The number of nitrogens with one attached hydrogen (secondary N) is 1. The average molecular weight is 648 g/mol. The van der Waals surface area contributed by atoms with Crippen molar-refractivity contribution in [2.75, 3.05) is 6.54 Å². The van der Waals surface area contributed by atoms with Crippen molar-refractivity contribution in [2.24, 2.45) is 0 Å². The van der Waals surface area contributed by atoms with E-state index in [1.165, 1.54) is 103 Å². The van der Waals surface area contributed by atoms with Gasteiger partial charge in [-0.1, -0.05) is 128 Å². The molecule has 268 valence electrons. The lowest BCUT2D eigenvalue weighted by Crippen LogP contribution is -2.28. The molecule has 2 N–H and O–H groups in total. The quantitative estimate of drug-likeness (QED) is 0.0405. The standard InChI is InChI=1S/C40H73NO5/c1-3-5-7-9-11-13-15-16-18-20-22-27-31-35-40(45)46-37(32-28-24-21-19-17-14-12-10-8-6-4-2)33-29-25-23-26-30-34-38(42)41-36-39(43)44/h13,15,19,21,37H,3-12,14,16-18,20,22-36H2,1-2H3,(H,41,42)(H,43,44)/b15-13-,21-19-. The summed E-state index contributed by atoms with van der Waals surface area (Å²) in [6.07, 6.45) is 41.5. The first-order valence-electron chi connectivity index (χ1n) is 19.5. The molecule has 1 unspecified atom stereocenters. The van der Waals surface area contributed by atoms with Gasteiger partial charge in [0.15, 0.2) is 0 Å². The van der Waals surface area contributed by atoms with Crippen molar-refractivity contribution in [3.8, 4) is 0 Å². The van der Waals surface area contributed by atoms with Crippen LogP contribution >= 0.6 is 0 Å². The molecule has 0 rings (SSSR count). The average Bonchev–Trinajstić information content (AvgIpc) is 3.04. The largest absolute Gasteiger partial charge is 0.480 e. The van der Waals surface area contributed by atoms with Gasteiger partial charge in [0, 0.05) is 12.8 Å². The van der Waals surface area contributed by atoms with Crippen LogP contribution in [0.5, 0.6) is 0 Å². The molecular weight excluding hydrogens is 574 g/mol. The van der Waals surface area contributed by atoms with Crippen molar-refractivity contribution in [3.63, 3.8) is 0 Å². The lowest BCUT2D eigenvalue weighted by molar-refractivity contribution is -0.150. The fraction of sp³-hybridized carbons (Fsp3) is 0.825. The lowest BCUT2D eigenvalue weighted by atomic mass is 10.0. The summed E-state index contributed by atoms with van der Waals surface area (Å²) in [5, 5.41) is 11.1. The molecule has 6 heteroatoms. The van der Waals surface area contributed by atoms with Crippen molar-refractivity contribution in [1.82, 2.24) is 5.32 Å². The highest BCUT2D eigenvalue weighted by molar-refractivity contribution is 5.80. The van der Waals surface area contributed by atoms with Gasteiger partial charge in [-0.15, -0.1) is 0 Å². The predicted octanol–water partition coefficient (Wildman–Crippen LogP) is 11.6. The van der Waals surface area contributed by atoms with Crippen molar-refractivity contribution in [1.29, 1.82) is 0 Å². The van der Waals surface area contributed by atoms with Gasteiger partial charge in [-0.05, 0) is 83.5 Å². The number of rotatable bonds is 35. The SMILES string of the molecule is CCCCCC/C=C\CCCCCCCC(=O)OC(CCC/C=C\CCCCCCCC)CCCCCCCC(=O)NCC(=O)O. The van der Waals surface area contributed by atoms with E-state index in [0.717, 1.165) is 70.6 Å². The molecule has 0 spiro atoms. The number of unbranched alkanes of at least 4 members (excludes halogenated alkanes) is 20. The zero-order valence-corrected chi connectivity index (χ0v) is 30.2. The van der Waals surface area contributed by atoms with Gasteiger partial charge in [0.2, 0.25) is 5.91 Å². The topological polar surface area (TPSA) is 92.7 Å². The lowest BCUT2D eigenvalue weighted by Gasteiger charge is -2.18. The smallest absolute Gasteiger partial charge is 0.322 e. The third-order valence-corrected chi connectivity index (χ3v) is 8.60. The van der Waals surface area contributed by atoms with Crippen LogP contribution in [-0.4, -0.2) is 35.6 Å². The van der Waals surface area contributed by atoms with E-state index in [1.807, 2.05) is 0 Å². The van der Waals surface area contributed by atoms with E-state index in [-0.39, 0.29) is 24.5 Å². The van der Waals surface area contributed by atoms with Crippen LogP contribution in [0.15, 0.2) is 24.3 Å². The van der Waals surface area contributed by atoms with Crippen molar-refractivity contribution in [3.05, 3.63) is 24.3 Å². The summed E-state index contributed by atoms with van der Waals surface area (Å²) in [7, 11) is 0. The summed E-state index contributed by atoms with van der Waals surface area (Å²) in [4.78, 5) is 34.9. The minimum atomic E-state index is -1.02. The number of amides is 1. The van der Waals surface area contributed by atoms with Crippen molar-refractivity contribution in [2.45, 2.75) is 206 Å². The van der Waals surface area contributed by atoms with Crippen molar-refractivity contribution < 1.29 is 24.2 Å². The fourth-order valence-corrected chi connectivity index (χ4v) is 5.69. The zero-order valence-electron chi connectivity index (χ0n) is 30.2. The molecule has 0 aliphatic heterocycles. The number of hydrogen-bond acceptors (Lipinski definition) is 4. The third-order valence-electron chi connectivity index (χ3n) is 8.60. The van der Waals surface area contributed by atoms with Gasteiger partial charge in [0.05, 0.1) is 0 Å². The predicted molar refractivity (Wildman–Crippen MR) is 194 cm³/mol. The van der Waals surface area contributed by atoms with Gasteiger partial charge >= 0.3 is 11.9 Å². The second kappa shape index (κ2) is 35.7. The van der Waals surface area contributed by atoms with Crippen molar-refractivity contribution >= 4 is 17.8 Å². The number of carbonyl (C=O) groups is 3. The van der Waals surface area contributed by atoms with Crippen LogP contribution in [0.3, 0.4) is 0 Å². The highest BCUT2D eigenvalue weighted by Gasteiger charge is 2.14. The molecule has 0 radical (unpaired) electrons. The first-order chi connectivity index (χ1) is 22.5. The monoisotopic (exact) mass is 648 g/mol. The second-order valence-corrected chi connectivity index (χ2v) is 13.2. The molecule has 1 amide bonds. The van der Waals surface area contributed by atoms with Crippen LogP contribution in [0.4, 0.5) is 0 Å². The molecule has 46 heavy (non-hydrogen) atoms. The van der Waals surface area contributed by atoms with Crippen LogP contribution < -0.4 is 5.32 Å². The molecule has 0 saturated carbocycles. The number of esters is 1. The summed E-state index contributed by atoms with van der Waals surface area (Å²) in [5.41, 5.74) is 0. The van der Waals surface area contributed by atoms with E-state index in [4.69, 9.17) is 9.84 Å².